The van der Waals surface area contributed by atoms with Crippen LogP contribution >= 0.6 is 0 Å². The highest BCUT2D eigenvalue weighted by Crippen LogP contribution is 2.35. The van der Waals surface area contributed by atoms with E-state index in [4.69, 9.17) is 0 Å². The monoisotopic (exact) mass is 324 g/mol. The van der Waals surface area contributed by atoms with Crippen LogP contribution in [-0.4, -0.2) is 16.5 Å². The first-order valence-electron chi connectivity index (χ1n) is 7.51. The zero-order valence-corrected chi connectivity index (χ0v) is 12.8. The highest BCUT2D eigenvalue weighted by molar-refractivity contribution is 5.61. The number of nitrogens with zero attached hydrogens (tertiary/aromatic N) is 2. The fourth-order valence-corrected chi connectivity index (χ4v) is 2.07. The molecule has 4 nitrogen and oxygen atoms in total. The van der Waals surface area contributed by atoms with E-state index in [0.717, 1.165) is 31.9 Å². The Morgan fingerprint density at radius 2 is 1.87 bits per heavy atom. The molecule has 0 saturated heterocycles. The molecule has 124 valence electrons. The van der Waals surface area contributed by atoms with E-state index in [-0.39, 0.29) is 5.69 Å². The zero-order valence-electron chi connectivity index (χ0n) is 12.8. The van der Waals surface area contributed by atoms with Crippen LogP contribution in [0.2, 0.25) is 0 Å². The van der Waals surface area contributed by atoms with Crippen LogP contribution in [0.5, 0.6) is 0 Å². The number of unbranched alkanes of at least 4 members (excludes halogenated alkanes) is 2. The minimum Gasteiger partial charge on any atom is -0.354 e. The molecule has 2 aromatic rings. The average molecular weight is 324 g/mol. The van der Waals surface area contributed by atoms with E-state index in [0.29, 0.717) is 11.8 Å². The van der Waals surface area contributed by atoms with Gasteiger partial charge in [0.25, 0.3) is 0 Å². The van der Waals surface area contributed by atoms with Crippen molar-refractivity contribution in [3.05, 3.63) is 42.1 Å². The highest BCUT2D eigenvalue weighted by atomic mass is 19.4. The molecule has 0 aliphatic carbocycles. The van der Waals surface area contributed by atoms with Gasteiger partial charge in [-0.2, -0.15) is 18.2 Å². The SMILES string of the molecule is CCCCCNc1nccc(Nc2ccccc2C(F)(F)F)n1. The van der Waals surface area contributed by atoms with Crippen molar-refractivity contribution in [2.45, 2.75) is 32.4 Å². The molecule has 0 radical (unpaired) electrons. The number of hydrogen-bond acceptors (Lipinski definition) is 4. The van der Waals surface area contributed by atoms with Gasteiger partial charge in [-0.25, -0.2) is 4.98 Å². The summed E-state index contributed by atoms with van der Waals surface area (Å²) >= 11 is 0. The van der Waals surface area contributed by atoms with Gasteiger partial charge in [0.1, 0.15) is 5.82 Å². The Bertz CT molecular complexity index is 629. The van der Waals surface area contributed by atoms with Crippen LogP contribution in [0.3, 0.4) is 0 Å². The lowest BCUT2D eigenvalue weighted by Gasteiger charge is -2.14. The van der Waals surface area contributed by atoms with E-state index in [1.165, 1.54) is 24.4 Å². The van der Waals surface area contributed by atoms with Crippen molar-refractivity contribution in [1.82, 2.24) is 9.97 Å². The van der Waals surface area contributed by atoms with Gasteiger partial charge in [0.2, 0.25) is 5.95 Å². The van der Waals surface area contributed by atoms with E-state index in [2.05, 4.69) is 27.5 Å². The summed E-state index contributed by atoms with van der Waals surface area (Å²) in [5.41, 5.74) is -0.758. The molecule has 0 bridgehead atoms. The first-order valence-corrected chi connectivity index (χ1v) is 7.51. The molecule has 1 aromatic heterocycles. The summed E-state index contributed by atoms with van der Waals surface area (Å²) in [6.45, 7) is 2.84. The number of alkyl halides is 3. The summed E-state index contributed by atoms with van der Waals surface area (Å²) in [4.78, 5) is 8.25. The van der Waals surface area contributed by atoms with Gasteiger partial charge in [-0.3, -0.25) is 0 Å². The van der Waals surface area contributed by atoms with Crippen molar-refractivity contribution in [2.75, 3.05) is 17.2 Å². The molecule has 0 atom stereocenters. The quantitative estimate of drug-likeness (QED) is 0.716. The number of hydrogen-bond donors (Lipinski definition) is 2. The number of aromatic nitrogens is 2. The zero-order chi connectivity index (χ0) is 16.7. The number of rotatable bonds is 7. The van der Waals surface area contributed by atoms with E-state index >= 15 is 0 Å². The minimum absolute atomic E-state index is 0.0318. The fraction of sp³-hybridized carbons (Fsp3) is 0.375. The van der Waals surface area contributed by atoms with E-state index in [1.807, 2.05) is 0 Å². The lowest BCUT2D eigenvalue weighted by molar-refractivity contribution is -0.136. The summed E-state index contributed by atoms with van der Waals surface area (Å²) < 4.78 is 39.0. The van der Waals surface area contributed by atoms with Crippen LogP contribution in [0.25, 0.3) is 0 Å². The molecule has 0 spiro atoms. The molecule has 2 N–H and O–H groups in total. The number of para-hydroxylation sites is 1. The molecular formula is C16H19F3N4. The molecule has 1 aromatic carbocycles. The van der Waals surface area contributed by atoms with E-state index in [1.54, 1.807) is 6.07 Å². The number of benzene rings is 1. The maximum atomic E-state index is 13.0. The second kappa shape index (κ2) is 7.80. The van der Waals surface area contributed by atoms with Gasteiger partial charge >= 0.3 is 6.18 Å². The molecule has 23 heavy (non-hydrogen) atoms. The Morgan fingerprint density at radius 1 is 1.09 bits per heavy atom. The highest BCUT2D eigenvalue weighted by Gasteiger charge is 2.33. The fourth-order valence-electron chi connectivity index (χ4n) is 2.07. The molecule has 0 unspecified atom stereocenters. The summed E-state index contributed by atoms with van der Waals surface area (Å²) in [6.07, 6.45) is 0.294. The van der Waals surface area contributed by atoms with Crippen molar-refractivity contribution in [1.29, 1.82) is 0 Å². The smallest absolute Gasteiger partial charge is 0.354 e. The standard InChI is InChI=1S/C16H19F3N4/c1-2-3-6-10-20-15-21-11-9-14(23-15)22-13-8-5-4-7-12(13)16(17,18)19/h4-5,7-9,11H,2-3,6,10H2,1H3,(H2,20,21,22,23). The normalized spacial score (nSPS) is 11.3. The first kappa shape index (κ1) is 17.1. The Hall–Kier alpha value is -2.31. The molecule has 0 aliphatic heterocycles. The van der Waals surface area contributed by atoms with Crippen molar-refractivity contribution < 1.29 is 13.2 Å². The van der Waals surface area contributed by atoms with E-state index < -0.39 is 11.7 Å². The van der Waals surface area contributed by atoms with Crippen molar-refractivity contribution in [2.24, 2.45) is 0 Å². The van der Waals surface area contributed by atoms with Gasteiger partial charge in [0, 0.05) is 12.7 Å². The summed E-state index contributed by atoms with van der Waals surface area (Å²) in [5, 5.41) is 5.78. The molecule has 0 saturated carbocycles. The van der Waals surface area contributed by atoms with Crippen molar-refractivity contribution >= 4 is 17.5 Å². The molecule has 0 fully saturated rings. The molecular weight excluding hydrogens is 305 g/mol. The lowest BCUT2D eigenvalue weighted by Crippen LogP contribution is -2.10. The second-order valence-electron chi connectivity index (χ2n) is 5.07. The van der Waals surface area contributed by atoms with Gasteiger partial charge in [-0.05, 0) is 24.6 Å². The summed E-state index contributed by atoms with van der Waals surface area (Å²) in [5.74, 6) is 0.713. The average Bonchev–Trinajstić information content (AvgIpc) is 2.51. The Balaban J connectivity index is 2.09. The third-order valence-electron chi connectivity index (χ3n) is 3.21. The lowest BCUT2D eigenvalue weighted by atomic mass is 10.1. The molecule has 2 rings (SSSR count). The van der Waals surface area contributed by atoms with Gasteiger partial charge in [-0.15, -0.1) is 0 Å². The molecule has 7 heteroatoms. The van der Waals surface area contributed by atoms with Gasteiger partial charge in [-0.1, -0.05) is 31.9 Å². The van der Waals surface area contributed by atoms with E-state index in [9.17, 15) is 13.2 Å². The summed E-state index contributed by atoms with van der Waals surface area (Å²) in [7, 11) is 0. The topological polar surface area (TPSA) is 49.8 Å². The second-order valence-corrected chi connectivity index (χ2v) is 5.07. The summed E-state index contributed by atoms with van der Waals surface area (Å²) in [6, 6.07) is 6.84. The largest absolute Gasteiger partial charge is 0.418 e. The molecule has 1 heterocycles. The van der Waals surface area contributed by atoms with Crippen LogP contribution < -0.4 is 10.6 Å². The Labute approximate surface area is 133 Å². The predicted octanol–water partition coefficient (Wildman–Crippen LogP) is 4.84. The Morgan fingerprint density at radius 3 is 2.61 bits per heavy atom. The first-order chi connectivity index (χ1) is 11.0. The van der Waals surface area contributed by atoms with Gasteiger partial charge in [0.15, 0.2) is 0 Å². The minimum atomic E-state index is -4.42. The van der Waals surface area contributed by atoms with Gasteiger partial charge in [0.05, 0.1) is 11.3 Å². The number of anilines is 3. The van der Waals surface area contributed by atoms with Crippen molar-refractivity contribution in [3.8, 4) is 0 Å². The van der Waals surface area contributed by atoms with Crippen LogP contribution in [0.15, 0.2) is 36.5 Å². The number of nitrogens with one attached hydrogen (secondary N) is 2. The van der Waals surface area contributed by atoms with Crippen LogP contribution in [-0.2, 0) is 6.18 Å². The maximum absolute atomic E-state index is 13.0. The van der Waals surface area contributed by atoms with Gasteiger partial charge < -0.3 is 10.6 Å². The molecule has 0 aliphatic rings. The Kier molecular flexibility index (Phi) is 5.78. The molecule has 0 amide bonds. The predicted molar refractivity (Wildman–Crippen MR) is 84.8 cm³/mol. The van der Waals surface area contributed by atoms with Crippen LogP contribution in [0.4, 0.5) is 30.6 Å². The maximum Gasteiger partial charge on any atom is 0.418 e. The van der Waals surface area contributed by atoms with Crippen molar-refractivity contribution in [3.63, 3.8) is 0 Å². The third-order valence-corrected chi connectivity index (χ3v) is 3.21. The number of halogens is 3. The van der Waals surface area contributed by atoms with Crippen LogP contribution in [0, 0.1) is 0 Å². The van der Waals surface area contributed by atoms with Crippen LogP contribution in [0.1, 0.15) is 31.7 Å². The third kappa shape index (κ3) is 5.12.